The Morgan fingerprint density at radius 3 is 2.31 bits per heavy atom. The fourth-order valence-corrected chi connectivity index (χ4v) is 3.60. The summed E-state index contributed by atoms with van der Waals surface area (Å²) in [5.74, 6) is -4.01. The molecule has 1 aromatic carbocycles. The fraction of sp³-hybridized carbons (Fsp3) is 0.200. The molecule has 1 atom stereocenters. The van der Waals surface area contributed by atoms with E-state index in [9.17, 15) is 37.8 Å². The number of hydrogen-bond donors (Lipinski definition) is 5. The minimum Gasteiger partial charge on any atom is -0.507 e. The van der Waals surface area contributed by atoms with E-state index >= 15 is 0 Å². The van der Waals surface area contributed by atoms with Gasteiger partial charge in [-0.25, -0.2) is 15.0 Å². The molecule has 2 aromatic heterocycles. The standard InChI is InChI=1S/C20H17F3N6O5S/c1-8(28-18(34)14-15(31)13(17(33)24-2)26-7-27-14)19-25-6-12(35-19)16(32)29-9-3-4-11(30)10(5-9)20(21,22)23/h3-8,30-31H,1-2H3,(H,24,33)(H,28,34)(H,29,32). The van der Waals surface area contributed by atoms with Gasteiger partial charge in [0, 0.05) is 12.7 Å². The molecule has 2 heterocycles. The van der Waals surface area contributed by atoms with Gasteiger partial charge in [-0.05, 0) is 25.1 Å². The predicted octanol–water partition coefficient (Wildman–Crippen LogP) is 2.47. The molecule has 3 aromatic rings. The molecule has 184 valence electrons. The highest BCUT2D eigenvalue weighted by molar-refractivity contribution is 7.13. The van der Waals surface area contributed by atoms with Crippen LogP contribution in [-0.2, 0) is 6.18 Å². The maximum Gasteiger partial charge on any atom is 0.420 e. The number of aromatic nitrogens is 3. The number of amides is 3. The number of carbonyl (C=O) groups is 3. The van der Waals surface area contributed by atoms with Crippen LogP contribution in [0, 0.1) is 0 Å². The van der Waals surface area contributed by atoms with Crippen molar-refractivity contribution in [3.63, 3.8) is 0 Å². The van der Waals surface area contributed by atoms with Gasteiger partial charge in [0.05, 0.1) is 17.8 Å². The lowest BCUT2D eigenvalue weighted by Gasteiger charge is -2.12. The Hall–Kier alpha value is -4.27. The highest BCUT2D eigenvalue weighted by Gasteiger charge is 2.34. The molecule has 0 spiro atoms. The number of alkyl halides is 3. The quantitative estimate of drug-likeness (QED) is 0.315. The first-order valence-corrected chi connectivity index (χ1v) is 10.5. The van der Waals surface area contributed by atoms with Gasteiger partial charge in [0.25, 0.3) is 17.7 Å². The summed E-state index contributed by atoms with van der Waals surface area (Å²) in [5.41, 5.74) is -2.34. The van der Waals surface area contributed by atoms with Gasteiger partial charge >= 0.3 is 6.18 Å². The normalized spacial score (nSPS) is 12.0. The van der Waals surface area contributed by atoms with Crippen LogP contribution in [0.1, 0.15) is 54.2 Å². The van der Waals surface area contributed by atoms with Crippen molar-refractivity contribution in [1.29, 1.82) is 0 Å². The summed E-state index contributed by atoms with van der Waals surface area (Å²) < 4.78 is 38.9. The van der Waals surface area contributed by atoms with Crippen molar-refractivity contribution in [3.05, 3.63) is 57.6 Å². The average molecular weight is 510 g/mol. The molecule has 0 saturated heterocycles. The Bertz CT molecular complexity index is 1300. The van der Waals surface area contributed by atoms with Gasteiger partial charge in [0.2, 0.25) is 0 Å². The van der Waals surface area contributed by atoms with Crippen LogP contribution in [0.2, 0.25) is 0 Å². The Labute approximate surface area is 199 Å². The number of nitrogens with one attached hydrogen (secondary N) is 3. The lowest BCUT2D eigenvalue weighted by molar-refractivity contribution is -0.138. The average Bonchev–Trinajstić information content (AvgIpc) is 3.30. The molecule has 11 nitrogen and oxygen atoms in total. The zero-order valence-corrected chi connectivity index (χ0v) is 18.8. The Morgan fingerprint density at radius 2 is 1.69 bits per heavy atom. The second kappa shape index (κ2) is 9.92. The van der Waals surface area contributed by atoms with Crippen molar-refractivity contribution in [3.8, 4) is 11.5 Å². The molecule has 0 bridgehead atoms. The maximum atomic E-state index is 13.0. The van der Waals surface area contributed by atoms with Crippen molar-refractivity contribution in [2.24, 2.45) is 0 Å². The summed E-state index contributed by atoms with van der Waals surface area (Å²) in [7, 11) is 1.32. The van der Waals surface area contributed by atoms with Crippen LogP contribution in [0.5, 0.6) is 11.5 Å². The van der Waals surface area contributed by atoms with Crippen molar-refractivity contribution < 1.29 is 37.8 Å². The molecule has 0 aliphatic heterocycles. The lowest BCUT2D eigenvalue weighted by Crippen LogP contribution is -2.28. The second-order valence-corrected chi connectivity index (χ2v) is 8.00. The van der Waals surface area contributed by atoms with E-state index in [1.807, 2.05) is 0 Å². The summed E-state index contributed by atoms with van der Waals surface area (Å²) >= 11 is 0.865. The number of rotatable bonds is 6. The third kappa shape index (κ3) is 5.63. The minimum absolute atomic E-state index is 0.0366. The van der Waals surface area contributed by atoms with Gasteiger partial charge in [-0.3, -0.25) is 14.4 Å². The Morgan fingerprint density at radius 1 is 1.03 bits per heavy atom. The van der Waals surface area contributed by atoms with Crippen LogP contribution >= 0.6 is 11.3 Å². The molecule has 0 aliphatic carbocycles. The smallest absolute Gasteiger partial charge is 0.420 e. The highest BCUT2D eigenvalue weighted by Crippen LogP contribution is 2.37. The van der Waals surface area contributed by atoms with Crippen molar-refractivity contribution >= 4 is 34.7 Å². The first kappa shape index (κ1) is 25.4. The topological polar surface area (TPSA) is 166 Å². The SMILES string of the molecule is CNC(=O)c1ncnc(C(=O)NC(C)c2ncc(C(=O)Nc3ccc(O)c(C(F)(F)F)c3)s2)c1O. The summed E-state index contributed by atoms with van der Waals surface area (Å²) in [5, 5.41) is 26.9. The number of nitrogens with zero attached hydrogens (tertiary/aromatic N) is 3. The van der Waals surface area contributed by atoms with E-state index in [1.54, 1.807) is 0 Å². The number of aromatic hydroxyl groups is 2. The minimum atomic E-state index is -4.81. The Balaban J connectivity index is 1.71. The largest absolute Gasteiger partial charge is 0.507 e. The molecule has 0 radical (unpaired) electrons. The van der Waals surface area contributed by atoms with Gasteiger partial charge in [0.15, 0.2) is 17.1 Å². The first-order valence-electron chi connectivity index (χ1n) is 9.66. The van der Waals surface area contributed by atoms with Crippen LogP contribution in [0.15, 0.2) is 30.7 Å². The lowest BCUT2D eigenvalue weighted by atomic mass is 10.1. The third-order valence-electron chi connectivity index (χ3n) is 4.50. The first-order chi connectivity index (χ1) is 16.4. The predicted molar refractivity (Wildman–Crippen MR) is 116 cm³/mol. The van der Waals surface area contributed by atoms with E-state index in [4.69, 9.17) is 0 Å². The van der Waals surface area contributed by atoms with E-state index in [1.165, 1.54) is 20.2 Å². The molecular weight excluding hydrogens is 493 g/mol. The van der Waals surface area contributed by atoms with Crippen LogP contribution in [0.4, 0.5) is 18.9 Å². The summed E-state index contributed by atoms with van der Waals surface area (Å²) in [6.07, 6.45) is -2.70. The number of halogens is 3. The second-order valence-electron chi connectivity index (χ2n) is 6.94. The number of benzene rings is 1. The van der Waals surface area contributed by atoms with Gasteiger partial charge < -0.3 is 26.2 Å². The number of phenolic OH excluding ortho intramolecular Hbond substituents is 1. The van der Waals surface area contributed by atoms with Gasteiger partial charge in [-0.15, -0.1) is 11.3 Å². The van der Waals surface area contributed by atoms with Crippen LogP contribution < -0.4 is 16.0 Å². The van der Waals surface area contributed by atoms with Crippen molar-refractivity contribution in [1.82, 2.24) is 25.6 Å². The molecule has 5 N–H and O–H groups in total. The van der Waals surface area contributed by atoms with Crippen molar-refractivity contribution in [2.75, 3.05) is 12.4 Å². The Kier molecular flexibility index (Phi) is 7.19. The summed E-state index contributed by atoms with van der Waals surface area (Å²) in [4.78, 5) is 48.1. The molecular formula is C20H17F3N6O5S. The van der Waals surface area contributed by atoms with Gasteiger partial charge in [0.1, 0.15) is 22.0 Å². The van der Waals surface area contributed by atoms with E-state index in [0.717, 1.165) is 29.8 Å². The molecule has 15 heteroatoms. The van der Waals surface area contributed by atoms with Crippen molar-refractivity contribution in [2.45, 2.75) is 19.1 Å². The molecule has 0 saturated carbocycles. The molecule has 3 amide bonds. The highest BCUT2D eigenvalue weighted by atomic mass is 32.1. The maximum absolute atomic E-state index is 13.0. The van der Waals surface area contributed by atoms with E-state index in [-0.39, 0.29) is 15.6 Å². The van der Waals surface area contributed by atoms with Crippen LogP contribution in [0.3, 0.4) is 0 Å². The monoisotopic (exact) mass is 510 g/mol. The van der Waals surface area contributed by atoms with Crippen LogP contribution in [0.25, 0.3) is 0 Å². The van der Waals surface area contributed by atoms with E-state index < -0.39 is 58.4 Å². The van der Waals surface area contributed by atoms with E-state index in [0.29, 0.717) is 6.07 Å². The van der Waals surface area contributed by atoms with E-state index in [2.05, 4.69) is 30.9 Å². The molecule has 1 unspecified atom stereocenters. The third-order valence-corrected chi connectivity index (χ3v) is 5.68. The zero-order chi connectivity index (χ0) is 25.9. The molecule has 3 rings (SSSR count). The number of anilines is 1. The van der Waals surface area contributed by atoms with Gasteiger partial charge in [-0.2, -0.15) is 13.2 Å². The number of thiazole rings is 1. The van der Waals surface area contributed by atoms with Gasteiger partial charge in [-0.1, -0.05) is 0 Å². The molecule has 0 fully saturated rings. The number of phenols is 1. The fourth-order valence-electron chi connectivity index (χ4n) is 2.78. The zero-order valence-electron chi connectivity index (χ0n) is 18.0. The van der Waals surface area contributed by atoms with Crippen LogP contribution in [-0.4, -0.2) is 49.9 Å². The molecule has 0 aliphatic rings. The number of carbonyl (C=O) groups excluding carboxylic acids is 3. The number of hydrogen-bond acceptors (Lipinski definition) is 9. The summed E-state index contributed by atoms with van der Waals surface area (Å²) in [6.45, 7) is 1.53. The summed E-state index contributed by atoms with van der Waals surface area (Å²) in [6, 6.07) is 1.75. The molecule has 35 heavy (non-hydrogen) atoms.